The second kappa shape index (κ2) is 25.7. The van der Waals surface area contributed by atoms with Gasteiger partial charge >= 0.3 is 0 Å². The van der Waals surface area contributed by atoms with E-state index in [4.69, 9.17) is 25.1 Å². The third-order valence-electron chi connectivity index (χ3n) is 2.84. The summed E-state index contributed by atoms with van der Waals surface area (Å²) in [7, 11) is 0. The lowest BCUT2D eigenvalue weighted by molar-refractivity contribution is 0.0888. The zero-order valence-electron chi connectivity index (χ0n) is 12.9. The van der Waals surface area contributed by atoms with Crippen LogP contribution >= 0.6 is 0 Å². The number of ether oxygens (including phenoxy) is 3. The van der Waals surface area contributed by atoms with Gasteiger partial charge in [-0.1, -0.05) is 14.9 Å². The van der Waals surface area contributed by atoms with Gasteiger partial charge in [0, 0.05) is 46.2 Å². The summed E-state index contributed by atoms with van der Waals surface area (Å²) in [6, 6.07) is 0. The average Bonchev–Trinajstić information content (AvgIpc) is 2.47. The van der Waals surface area contributed by atoms with E-state index >= 15 is 0 Å². The summed E-state index contributed by atoms with van der Waals surface area (Å²) in [5.74, 6) is 0. The number of rotatable bonds is 17. The topological polar surface area (TPSA) is 73.9 Å². The van der Waals surface area contributed by atoms with Gasteiger partial charge in [0.25, 0.3) is 0 Å². The third kappa shape index (κ3) is 24.8. The highest BCUT2D eigenvalue weighted by Crippen LogP contribution is 1.97. The van der Waals surface area contributed by atoms with E-state index in [0.717, 1.165) is 84.6 Å². The summed E-state index contributed by atoms with van der Waals surface area (Å²) in [5.41, 5.74) is 5.37. The minimum absolute atomic E-state index is 0. The summed E-state index contributed by atoms with van der Waals surface area (Å²) in [6.45, 7) is 5.73. The van der Waals surface area contributed by atoms with Crippen LogP contribution < -0.4 is 5.73 Å². The molecule has 3 N–H and O–H groups in total. The smallest absolute Gasteiger partial charge is 0.0478 e. The standard InChI is InChI=1S/C15H33NO4.2CH4/c16-8-7-15-20-14-6-5-13-19-12-4-3-11-18-10-2-1-9-17;;/h17H,1-16H2;2*1H4. The van der Waals surface area contributed by atoms with Gasteiger partial charge in [-0.2, -0.15) is 0 Å². The Bertz CT molecular complexity index is 153. The number of unbranched alkanes of at least 4 members (excludes halogenated alkanes) is 3. The lowest BCUT2D eigenvalue weighted by atomic mass is 10.3. The predicted octanol–water partition coefficient (Wildman–Crippen LogP) is 2.99. The quantitative estimate of drug-likeness (QED) is 0.403. The average molecular weight is 324 g/mol. The van der Waals surface area contributed by atoms with E-state index in [9.17, 15) is 0 Å². The van der Waals surface area contributed by atoms with E-state index < -0.39 is 0 Å². The Balaban J connectivity index is -0.00000180. The molecule has 0 spiro atoms. The van der Waals surface area contributed by atoms with Crippen LogP contribution in [-0.2, 0) is 14.2 Å². The van der Waals surface area contributed by atoms with Crippen molar-refractivity contribution in [3.05, 3.63) is 0 Å². The van der Waals surface area contributed by atoms with Gasteiger partial charge in [-0.15, -0.1) is 0 Å². The van der Waals surface area contributed by atoms with Gasteiger partial charge in [0.2, 0.25) is 0 Å². The van der Waals surface area contributed by atoms with E-state index in [-0.39, 0.29) is 21.5 Å². The fraction of sp³-hybridized carbons (Fsp3) is 1.00. The normalized spacial score (nSPS) is 10.1. The summed E-state index contributed by atoms with van der Waals surface area (Å²) < 4.78 is 16.4. The molecule has 0 aliphatic rings. The molecule has 0 heterocycles. The van der Waals surface area contributed by atoms with E-state index in [1.165, 1.54) is 0 Å². The Morgan fingerprint density at radius 2 is 0.864 bits per heavy atom. The molecular formula is C17H41NO4. The fourth-order valence-electron chi connectivity index (χ4n) is 1.62. The Morgan fingerprint density at radius 1 is 0.545 bits per heavy atom. The molecule has 0 fully saturated rings. The first-order valence-electron chi connectivity index (χ1n) is 7.96. The van der Waals surface area contributed by atoms with E-state index in [2.05, 4.69) is 0 Å². The molecule has 0 aliphatic carbocycles. The van der Waals surface area contributed by atoms with Crippen molar-refractivity contribution in [1.82, 2.24) is 0 Å². The molecule has 0 saturated heterocycles. The Kier molecular flexibility index (Phi) is 31.2. The summed E-state index contributed by atoms with van der Waals surface area (Å²) >= 11 is 0. The molecule has 0 bridgehead atoms. The highest BCUT2D eigenvalue weighted by Gasteiger charge is 1.93. The molecule has 138 valence electrons. The highest BCUT2D eigenvalue weighted by atomic mass is 16.5. The van der Waals surface area contributed by atoms with Gasteiger partial charge in [-0.25, -0.2) is 0 Å². The number of aliphatic hydroxyl groups is 1. The number of aliphatic hydroxyl groups excluding tert-OH is 1. The first-order valence-corrected chi connectivity index (χ1v) is 7.96. The second-order valence-corrected chi connectivity index (χ2v) is 4.82. The minimum atomic E-state index is 0. The molecule has 0 saturated carbocycles. The van der Waals surface area contributed by atoms with Crippen molar-refractivity contribution in [1.29, 1.82) is 0 Å². The van der Waals surface area contributed by atoms with E-state index in [1.807, 2.05) is 0 Å². The van der Waals surface area contributed by atoms with Crippen LogP contribution in [0.5, 0.6) is 0 Å². The molecule has 0 aromatic carbocycles. The molecule has 0 amide bonds. The maximum Gasteiger partial charge on any atom is 0.0478 e. The third-order valence-corrected chi connectivity index (χ3v) is 2.84. The molecular weight excluding hydrogens is 282 g/mol. The molecule has 5 heteroatoms. The van der Waals surface area contributed by atoms with Gasteiger partial charge in [-0.05, 0) is 51.5 Å². The second-order valence-electron chi connectivity index (χ2n) is 4.82. The van der Waals surface area contributed by atoms with Crippen LogP contribution in [0.15, 0.2) is 0 Å². The molecule has 0 atom stereocenters. The van der Waals surface area contributed by atoms with Crippen LogP contribution in [0.2, 0.25) is 0 Å². The molecule has 0 unspecified atom stereocenters. The van der Waals surface area contributed by atoms with Gasteiger partial charge < -0.3 is 25.1 Å². The SMILES string of the molecule is C.C.NCCCOCCCCOCCCCOCCCCO. The predicted molar refractivity (Wildman–Crippen MR) is 94.4 cm³/mol. The molecule has 5 nitrogen and oxygen atoms in total. The van der Waals surface area contributed by atoms with Crippen molar-refractivity contribution in [2.75, 3.05) is 52.8 Å². The van der Waals surface area contributed by atoms with E-state index in [0.29, 0.717) is 6.54 Å². The van der Waals surface area contributed by atoms with Crippen molar-refractivity contribution in [3.8, 4) is 0 Å². The molecule has 0 rings (SSSR count). The molecule has 0 radical (unpaired) electrons. The lowest BCUT2D eigenvalue weighted by Gasteiger charge is -2.06. The van der Waals surface area contributed by atoms with Crippen LogP contribution in [0.4, 0.5) is 0 Å². The summed E-state index contributed by atoms with van der Waals surface area (Å²) in [4.78, 5) is 0. The first-order chi connectivity index (χ1) is 9.91. The van der Waals surface area contributed by atoms with Crippen LogP contribution in [0.1, 0.15) is 59.8 Å². The van der Waals surface area contributed by atoms with Crippen LogP contribution in [0.3, 0.4) is 0 Å². The largest absolute Gasteiger partial charge is 0.396 e. The molecule has 0 aromatic heterocycles. The zero-order chi connectivity index (χ0) is 14.7. The van der Waals surface area contributed by atoms with Crippen molar-refractivity contribution in [2.45, 2.75) is 59.8 Å². The number of hydrogen-bond donors (Lipinski definition) is 2. The zero-order valence-corrected chi connectivity index (χ0v) is 12.9. The number of hydrogen-bond acceptors (Lipinski definition) is 5. The van der Waals surface area contributed by atoms with Crippen LogP contribution in [-0.4, -0.2) is 57.9 Å². The molecule has 22 heavy (non-hydrogen) atoms. The Morgan fingerprint density at radius 3 is 1.18 bits per heavy atom. The Hall–Kier alpha value is -0.200. The van der Waals surface area contributed by atoms with Crippen LogP contribution in [0.25, 0.3) is 0 Å². The van der Waals surface area contributed by atoms with Crippen molar-refractivity contribution >= 4 is 0 Å². The van der Waals surface area contributed by atoms with Crippen molar-refractivity contribution in [2.24, 2.45) is 5.73 Å². The lowest BCUT2D eigenvalue weighted by Crippen LogP contribution is -2.06. The van der Waals surface area contributed by atoms with Crippen molar-refractivity contribution < 1.29 is 19.3 Å². The number of nitrogens with two attached hydrogens (primary N) is 1. The Labute approximate surface area is 138 Å². The fourth-order valence-corrected chi connectivity index (χ4v) is 1.62. The summed E-state index contributed by atoms with van der Waals surface area (Å²) in [5, 5.41) is 8.60. The minimum Gasteiger partial charge on any atom is -0.396 e. The van der Waals surface area contributed by atoms with Gasteiger partial charge in [-0.3, -0.25) is 0 Å². The van der Waals surface area contributed by atoms with E-state index in [1.54, 1.807) is 0 Å². The highest BCUT2D eigenvalue weighted by molar-refractivity contribution is 4.43. The van der Waals surface area contributed by atoms with Crippen LogP contribution in [0, 0.1) is 0 Å². The maximum absolute atomic E-state index is 8.60. The van der Waals surface area contributed by atoms with Gasteiger partial charge in [0.15, 0.2) is 0 Å². The van der Waals surface area contributed by atoms with Gasteiger partial charge in [0.1, 0.15) is 0 Å². The monoisotopic (exact) mass is 323 g/mol. The first kappa shape index (κ1) is 26.7. The molecule has 0 aromatic rings. The maximum atomic E-state index is 8.60. The summed E-state index contributed by atoms with van der Waals surface area (Å²) in [6.07, 6.45) is 6.92. The van der Waals surface area contributed by atoms with Gasteiger partial charge in [0.05, 0.1) is 0 Å². The van der Waals surface area contributed by atoms with Crippen molar-refractivity contribution in [3.63, 3.8) is 0 Å². The molecule has 0 aliphatic heterocycles.